The van der Waals surface area contributed by atoms with Crippen LogP contribution in [0.2, 0.25) is 0 Å². The molecule has 0 aromatic heterocycles. The lowest BCUT2D eigenvalue weighted by Crippen LogP contribution is -2.21. The summed E-state index contributed by atoms with van der Waals surface area (Å²) in [6.07, 6.45) is 1.02. The highest BCUT2D eigenvalue weighted by Crippen LogP contribution is 2.30. The first-order chi connectivity index (χ1) is 7.20. The zero-order chi connectivity index (χ0) is 11.3. The van der Waals surface area contributed by atoms with Crippen LogP contribution in [0.5, 0.6) is 5.75 Å². The van der Waals surface area contributed by atoms with Gasteiger partial charge in [-0.2, -0.15) is 12.6 Å². The van der Waals surface area contributed by atoms with E-state index in [1.807, 2.05) is 18.2 Å². The van der Waals surface area contributed by atoms with Crippen LogP contribution in [-0.4, -0.2) is 31.9 Å². The standard InChI is InChI=1S/C12H19NOS/c1-13(2)11(8-9-15)10-6-4-5-7-12(10)14-3/h4-7,11,15H,8-9H2,1-3H3. The average molecular weight is 225 g/mol. The molecule has 3 heteroatoms. The molecule has 0 radical (unpaired) electrons. The summed E-state index contributed by atoms with van der Waals surface area (Å²) in [4.78, 5) is 2.20. The van der Waals surface area contributed by atoms with Crippen LogP contribution in [-0.2, 0) is 0 Å². The number of ether oxygens (including phenoxy) is 1. The van der Waals surface area contributed by atoms with Crippen LogP contribution in [0, 0.1) is 0 Å². The monoisotopic (exact) mass is 225 g/mol. The Hall–Kier alpha value is -0.670. The van der Waals surface area contributed by atoms with Gasteiger partial charge in [-0.25, -0.2) is 0 Å². The van der Waals surface area contributed by atoms with Gasteiger partial charge in [0.15, 0.2) is 0 Å². The molecule has 1 atom stereocenters. The molecule has 0 fully saturated rings. The molecule has 0 aliphatic heterocycles. The van der Waals surface area contributed by atoms with E-state index in [9.17, 15) is 0 Å². The number of rotatable bonds is 5. The van der Waals surface area contributed by atoms with Crippen LogP contribution >= 0.6 is 12.6 Å². The van der Waals surface area contributed by atoms with E-state index in [0.717, 1.165) is 17.9 Å². The van der Waals surface area contributed by atoms with Crippen molar-refractivity contribution in [3.63, 3.8) is 0 Å². The van der Waals surface area contributed by atoms with Crippen molar-refractivity contribution in [2.45, 2.75) is 12.5 Å². The Bertz CT molecular complexity index is 301. The Morgan fingerprint density at radius 3 is 2.53 bits per heavy atom. The third kappa shape index (κ3) is 3.14. The Kier molecular flexibility index (Phi) is 4.99. The molecule has 0 aliphatic carbocycles. The summed E-state index contributed by atoms with van der Waals surface area (Å²) in [5.74, 6) is 1.83. The van der Waals surface area contributed by atoms with Gasteiger partial charge in [-0.1, -0.05) is 18.2 Å². The quantitative estimate of drug-likeness (QED) is 0.773. The number of nitrogens with zero attached hydrogens (tertiary/aromatic N) is 1. The predicted molar refractivity (Wildman–Crippen MR) is 67.9 cm³/mol. The van der Waals surface area contributed by atoms with Crippen molar-refractivity contribution in [1.29, 1.82) is 0 Å². The van der Waals surface area contributed by atoms with E-state index in [-0.39, 0.29) is 0 Å². The van der Waals surface area contributed by atoms with Crippen LogP contribution in [0.4, 0.5) is 0 Å². The second-order valence-corrected chi connectivity index (χ2v) is 4.18. The van der Waals surface area contributed by atoms with E-state index >= 15 is 0 Å². The molecule has 0 bridgehead atoms. The number of methoxy groups -OCH3 is 1. The predicted octanol–water partition coefficient (Wildman–Crippen LogP) is 2.62. The highest BCUT2D eigenvalue weighted by atomic mass is 32.1. The van der Waals surface area contributed by atoms with Gasteiger partial charge in [0.05, 0.1) is 7.11 Å². The lowest BCUT2D eigenvalue weighted by molar-refractivity contribution is 0.283. The summed E-state index contributed by atoms with van der Waals surface area (Å²) in [6.45, 7) is 0. The Morgan fingerprint density at radius 2 is 2.00 bits per heavy atom. The van der Waals surface area contributed by atoms with Gasteiger partial charge in [0, 0.05) is 11.6 Å². The molecule has 0 aliphatic rings. The lowest BCUT2D eigenvalue weighted by atomic mass is 10.0. The normalized spacial score (nSPS) is 12.9. The van der Waals surface area contributed by atoms with Crippen LogP contribution in [0.25, 0.3) is 0 Å². The van der Waals surface area contributed by atoms with Crippen molar-refractivity contribution in [2.24, 2.45) is 0 Å². The fourth-order valence-electron chi connectivity index (χ4n) is 1.76. The van der Waals surface area contributed by atoms with E-state index in [1.54, 1.807) is 7.11 Å². The molecule has 1 aromatic carbocycles. The molecule has 84 valence electrons. The van der Waals surface area contributed by atoms with Crippen LogP contribution in [0.15, 0.2) is 24.3 Å². The van der Waals surface area contributed by atoms with Crippen LogP contribution in [0.3, 0.4) is 0 Å². The first kappa shape index (κ1) is 12.4. The molecular weight excluding hydrogens is 206 g/mol. The van der Waals surface area contributed by atoms with Crippen LogP contribution in [0.1, 0.15) is 18.0 Å². The molecule has 2 nitrogen and oxygen atoms in total. The van der Waals surface area contributed by atoms with Gasteiger partial charge >= 0.3 is 0 Å². The van der Waals surface area contributed by atoms with Crippen molar-refractivity contribution in [3.8, 4) is 5.75 Å². The highest BCUT2D eigenvalue weighted by molar-refractivity contribution is 7.80. The van der Waals surface area contributed by atoms with Crippen molar-refractivity contribution in [1.82, 2.24) is 4.90 Å². The Balaban J connectivity index is 2.98. The maximum Gasteiger partial charge on any atom is 0.123 e. The molecule has 0 N–H and O–H groups in total. The van der Waals surface area contributed by atoms with E-state index in [0.29, 0.717) is 6.04 Å². The molecular formula is C12H19NOS. The third-order valence-corrected chi connectivity index (χ3v) is 2.78. The highest BCUT2D eigenvalue weighted by Gasteiger charge is 2.16. The van der Waals surface area contributed by atoms with Crippen LogP contribution < -0.4 is 4.74 Å². The maximum absolute atomic E-state index is 5.37. The van der Waals surface area contributed by atoms with Gasteiger partial charge in [-0.15, -0.1) is 0 Å². The summed E-state index contributed by atoms with van der Waals surface area (Å²) in [7, 11) is 5.88. The molecule has 1 unspecified atom stereocenters. The van der Waals surface area contributed by atoms with Gasteiger partial charge in [0.25, 0.3) is 0 Å². The lowest BCUT2D eigenvalue weighted by Gasteiger charge is -2.25. The molecule has 15 heavy (non-hydrogen) atoms. The maximum atomic E-state index is 5.37. The topological polar surface area (TPSA) is 12.5 Å². The molecule has 0 spiro atoms. The summed E-state index contributed by atoms with van der Waals surface area (Å²) < 4.78 is 5.37. The van der Waals surface area contributed by atoms with Crippen molar-refractivity contribution >= 4 is 12.6 Å². The molecule has 1 rings (SSSR count). The summed E-state index contributed by atoms with van der Waals surface area (Å²) >= 11 is 4.30. The Morgan fingerprint density at radius 1 is 1.33 bits per heavy atom. The minimum absolute atomic E-state index is 0.374. The third-order valence-electron chi connectivity index (χ3n) is 2.52. The minimum atomic E-state index is 0.374. The smallest absolute Gasteiger partial charge is 0.123 e. The van der Waals surface area contributed by atoms with E-state index in [4.69, 9.17) is 4.74 Å². The first-order valence-corrected chi connectivity index (χ1v) is 5.74. The van der Waals surface area contributed by atoms with Gasteiger partial charge in [0.1, 0.15) is 5.75 Å². The second kappa shape index (κ2) is 6.03. The number of benzene rings is 1. The number of thiol groups is 1. The molecule has 0 amide bonds. The zero-order valence-corrected chi connectivity index (χ0v) is 10.5. The molecule has 0 heterocycles. The number of hydrogen-bond acceptors (Lipinski definition) is 3. The minimum Gasteiger partial charge on any atom is -0.496 e. The van der Waals surface area contributed by atoms with E-state index in [2.05, 4.69) is 37.7 Å². The molecule has 0 saturated carbocycles. The zero-order valence-electron chi connectivity index (χ0n) is 9.60. The van der Waals surface area contributed by atoms with Gasteiger partial charge in [0.2, 0.25) is 0 Å². The van der Waals surface area contributed by atoms with E-state index < -0.39 is 0 Å². The number of hydrogen-bond donors (Lipinski definition) is 1. The van der Waals surface area contributed by atoms with Crippen molar-refractivity contribution in [2.75, 3.05) is 27.0 Å². The average Bonchev–Trinajstić information content (AvgIpc) is 2.25. The van der Waals surface area contributed by atoms with Gasteiger partial charge in [-0.05, 0) is 32.3 Å². The van der Waals surface area contributed by atoms with Gasteiger partial charge < -0.3 is 9.64 Å². The van der Waals surface area contributed by atoms with Gasteiger partial charge in [-0.3, -0.25) is 0 Å². The SMILES string of the molecule is COc1ccccc1C(CCS)N(C)C. The molecule has 0 saturated heterocycles. The first-order valence-electron chi connectivity index (χ1n) is 5.11. The van der Waals surface area contributed by atoms with E-state index in [1.165, 1.54) is 5.56 Å². The fourth-order valence-corrected chi connectivity index (χ4v) is 2.00. The fraction of sp³-hybridized carbons (Fsp3) is 0.500. The summed E-state index contributed by atoms with van der Waals surface area (Å²) in [6, 6.07) is 8.54. The summed E-state index contributed by atoms with van der Waals surface area (Å²) in [5, 5.41) is 0. The second-order valence-electron chi connectivity index (χ2n) is 3.73. The molecule has 1 aromatic rings. The largest absolute Gasteiger partial charge is 0.496 e. The van der Waals surface area contributed by atoms with Crippen molar-refractivity contribution < 1.29 is 4.74 Å². The Labute approximate surface area is 97.6 Å². The van der Waals surface area contributed by atoms with Crippen molar-refractivity contribution in [3.05, 3.63) is 29.8 Å². The summed E-state index contributed by atoms with van der Waals surface area (Å²) in [5.41, 5.74) is 1.24. The number of para-hydroxylation sites is 1.